The van der Waals surface area contributed by atoms with Gasteiger partial charge in [0.2, 0.25) is 0 Å². The standard InChI is InChI=1S/C12H17NO4.ClH/c1-4-5-6-9(12(16)17)13-10(14)7(2)8(3)11(13)15;/h9H,4-6H2,1-3H3,(H,16,17);1H. The number of imide groups is 1. The molecular weight excluding hydrogens is 258 g/mol. The molecule has 1 N–H and O–H groups in total. The fraction of sp³-hybridized carbons (Fsp3) is 0.583. The molecule has 0 aromatic heterocycles. The second-order valence-corrected chi connectivity index (χ2v) is 4.23. The van der Waals surface area contributed by atoms with E-state index in [0.717, 1.165) is 11.3 Å². The molecule has 0 radical (unpaired) electrons. The van der Waals surface area contributed by atoms with E-state index in [1.54, 1.807) is 13.8 Å². The molecule has 18 heavy (non-hydrogen) atoms. The van der Waals surface area contributed by atoms with E-state index < -0.39 is 23.8 Å². The third-order valence-electron chi connectivity index (χ3n) is 3.07. The normalized spacial score (nSPS) is 16.9. The summed E-state index contributed by atoms with van der Waals surface area (Å²) in [5.74, 6) is -2.07. The largest absolute Gasteiger partial charge is 0.480 e. The van der Waals surface area contributed by atoms with Gasteiger partial charge in [0.25, 0.3) is 11.8 Å². The predicted molar refractivity (Wildman–Crippen MR) is 68.4 cm³/mol. The zero-order chi connectivity index (χ0) is 13.2. The molecule has 2 amide bonds. The van der Waals surface area contributed by atoms with Crippen LogP contribution >= 0.6 is 12.4 Å². The third-order valence-corrected chi connectivity index (χ3v) is 3.07. The van der Waals surface area contributed by atoms with Gasteiger partial charge in [-0.2, -0.15) is 0 Å². The Labute approximate surface area is 112 Å². The molecule has 0 saturated carbocycles. The lowest BCUT2D eigenvalue weighted by Crippen LogP contribution is -2.45. The minimum absolute atomic E-state index is 0. The Balaban J connectivity index is 0.00000289. The van der Waals surface area contributed by atoms with E-state index in [2.05, 4.69) is 0 Å². The van der Waals surface area contributed by atoms with Crippen LogP contribution in [-0.2, 0) is 14.4 Å². The predicted octanol–water partition coefficient (Wildman–Crippen LogP) is 1.76. The maximum Gasteiger partial charge on any atom is 0.326 e. The number of rotatable bonds is 5. The first kappa shape index (κ1) is 16.6. The van der Waals surface area contributed by atoms with Crippen molar-refractivity contribution in [2.45, 2.75) is 46.1 Å². The fourth-order valence-electron chi connectivity index (χ4n) is 1.82. The molecule has 1 heterocycles. The Morgan fingerprint density at radius 3 is 2.00 bits per heavy atom. The van der Waals surface area contributed by atoms with Gasteiger partial charge in [-0.25, -0.2) is 4.79 Å². The monoisotopic (exact) mass is 275 g/mol. The van der Waals surface area contributed by atoms with Crippen molar-refractivity contribution in [3.63, 3.8) is 0 Å². The molecule has 102 valence electrons. The highest BCUT2D eigenvalue weighted by Crippen LogP contribution is 2.24. The number of carboxylic acids is 1. The first-order valence-electron chi connectivity index (χ1n) is 5.70. The number of hydrogen-bond acceptors (Lipinski definition) is 3. The van der Waals surface area contributed by atoms with Gasteiger partial charge in [-0.3, -0.25) is 14.5 Å². The molecule has 1 atom stereocenters. The van der Waals surface area contributed by atoms with E-state index >= 15 is 0 Å². The summed E-state index contributed by atoms with van der Waals surface area (Å²) in [5.41, 5.74) is 0.690. The smallest absolute Gasteiger partial charge is 0.326 e. The number of nitrogens with zero attached hydrogens (tertiary/aromatic N) is 1. The maximum atomic E-state index is 11.8. The van der Waals surface area contributed by atoms with Gasteiger partial charge in [-0.05, 0) is 20.3 Å². The van der Waals surface area contributed by atoms with E-state index in [1.165, 1.54) is 0 Å². The van der Waals surface area contributed by atoms with Crippen molar-refractivity contribution in [3.05, 3.63) is 11.1 Å². The molecule has 5 nitrogen and oxygen atoms in total. The van der Waals surface area contributed by atoms with Crippen LogP contribution in [-0.4, -0.2) is 33.8 Å². The average Bonchev–Trinajstić information content (AvgIpc) is 2.46. The molecule has 1 rings (SSSR count). The number of carboxylic acid groups (broad SMARTS) is 1. The Morgan fingerprint density at radius 2 is 1.67 bits per heavy atom. The van der Waals surface area contributed by atoms with Crippen LogP contribution < -0.4 is 0 Å². The van der Waals surface area contributed by atoms with Gasteiger partial charge in [0.15, 0.2) is 0 Å². The zero-order valence-electron chi connectivity index (χ0n) is 10.7. The molecule has 0 bridgehead atoms. The van der Waals surface area contributed by atoms with Crippen LogP contribution in [0.5, 0.6) is 0 Å². The van der Waals surface area contributed by atoms with Gasteiger partial charge in [0, 0.05) is 11.1 Å². The molecule has 0 saturated heterocycles. The molecule has 6 heteroatoms. The maximum absolute atomic E-state index is 11.8. The summed E-state index contributed by atoms with van der Waals surface area (Å²) in [6.07, 6.45) is 1.81. The number of aliphatic carboxylic acids is 1. The number of halogens is 1. The van der Waals surface area contributed by atoms with Crippen LogP contribution in [0, 0.1) is 0 Å². The van der Waals surface area contributed by atoms with Crippen molar-refractivity contribution >= 4 is 30.2 Å². The van der Waals surface area contributed by atoms with Crippen LogP contribution in [0.25, 0.3) is 0 Å². The van der Waals surface area contributed by atoms with E-state index in [-0.39, 0.29) is 12.4 Å². The van der Waals surface area contributed by atoms with Crippen molar-refractivity contribution in [3.8, 4) is 0 Å². The minimum Gasteiger partial charge on any atom is -0.480 e. The Hall–Kier alpha value is -1.36. The van der Waals surface area contributed by atoms with E-state index in [4.69, 9.17) is 5.11 Å². The summed E-state index contributed by atoms with van der Waals surface area (Å²) < 4.78 is 0. The van der Waals surface area contributed by atoms with Crippen molar-refractivity contribution < 1.29 is 19.5 Å². The summed E-state index contributed by atoms with van der Waals surface area (Å²) >= 11 is 0. The van der Waals surface area contributed by atoms with Gasteiger partial charge in [-0.1, -0.05) is 19.8 Å². The molecule has 0 aromatic carbocycles. The van der Waals surface area contributed by atoms with Crippen LogP contribution in [0.4, 0.5) is 0 Å². The van der Waals surface area contributed by atoms with Crippen LogP contribution in [0.15, 0.2) is 11.1 Å². The fourth-order valence-corrected chi connectivity index (χ4v) is 1.82. The molecule has 1 unspecified atom stereocenters. The second kappa shape index (κ2) is 6.54. The van der Waals surface area contributed by atoms with Crippen LogP contribution in [0.2, 0.25) is 0 Å². The van der Waals surface area contributed by atoms with Gasteiger partial charge < -0.3 is 5.11 Å². The highest BCUT2D eigenvalue weighted by Gasteiger charge is 2.40. The molecular formula is C12H18ClNO4. The first-order chi connectivity index (χ1) is 7.91. The Bertz CT molecular complexity index is 379. The summed E-state index contributed by atoms with van der Waals surface area (Å²) in [7, 11) is 0. The SMILES string of the molecule is CCCCC(C(=O)O)N1C(=O)C(C)=C(C)C1=O.Cl. The highest BCUT2D eigenvalue weighted by atomic mass is 35.5. The summed E-state index contributed by atoms with van der Waals surface area (Å²) in [6, 6.07) is -1.04. The summed E-state index contributed by atoms with van der Waals surface area (Å²) in [6.45, 7) is 5.03. The Kier molecular flexibility index (Phi) is 6.05. The van der Waals surface area contributed by atoms with Crippen molar-refractivity contribution in [2.75, 3.05) is 0 Å². The van der Waals surface area contributed by atoms with E-state index in [9.17, 15) is 14.4 Å². The average molecular weight is 276 g/mol. The van der Waals surface area contributed by atoms with Gasteiger partial charge in [0.1, 0.15) is 6.04 Å². The molecule has 0 aliphatic carbocycles. The quantitative estimate of drug-likeness (QED) is 0.776. The van der Waals surface area contributed by atoms with Crippen LogP contribution in [0.3, 0.4) is 0 Å². The summed E-state index contributed by atoms with van der Waals surface area (Å²) in [5, 5.41) is 9.10. The topological polar surface area (TPSA) is 74.7 Å². The number of carbonyl (C=O) groups is 3. The van der Waals surface area contributed by atoms with Crippen molar-refractivity contribution in [2.24, 2.45) is 0 Å². The zero-order valence-corrected chi connectivity index (χ0v) is 11.5. The number of amides is 2. The molecule has 1 aliphatic heterocycles. The summed E-state index contributed by atoms with van der Waals surface area (Å²) in [4.78, 5) is 35.6. The molecule has 0 aromatic rings. The lowest BCUT2D eigenvalue weighted by molar-refractivity contribution is -0.154. The van der Waals surface area contributed by atoms with E-state index in [1.807, 2.05) is 6.92 Å². The van der Waals surface area contributed by atoms with Crippen molar-refractivity contribution in [1.29, 1.82) is 0 Å². The number of carbonyl (C=O) groups excluding carboxylic acids is 2. The lowest BCUT2D eigenvalue weighted by Gasteiger charge is -2.22. The Morgan fingerprint density at radius 1 is 1.22 bits per heavy atom. The minimum atomic E-state index is -1.12. The second-order valence-electron chi connectivity index (χ2n) is 4.23. The third kappa shape index (κ3) is 2.90. The van der Waals surface area contributed by atoms with Gasteiger partial charge in [-0.15, -0.1) is 12.4 Å². The number of hydrogen-bond donors (Lipinski definition) is 1. The number of unbranched alkanes of at least 4 members (excludes halogenated alkanes) is 1. The lowest BCUT2D eigenvalue weighted by atomic mass is 10.1. The van der Waals surface area contributed by atoms with Gasteiger partial charge >= 0.3 is 5.97 Å². The van der Waals surface area contributed by atoms with Crippen molar-refractivity contribution in [1.82, 2.24) is 4.90 Å². The molecule has 0 fully saturated rings. The van der Waals surface area contributed by atoms with Crippen LogP contribution in [0.1, 0.15) is 40.0 Å². The molecule has 1 aliphatic rings. The van der Waals surface area contributed by atoms with Gasteiger partial charge in [0.05, 0.1) is 0 Å². The highest BCUT2D eigenvalue weighted by molar-refractivity contribution is 6.20. The van der Waals surface area contributed by atoms with E-state index in [0.29, 0.717) is 24.0 Å². The first-order valence-corrected chi connectivity index (χ1v) is 5.70. The molecule has 0 spiro atoms.